The number of anilines is 1. The first kappa shape index (κ1) is 13.5. The molecule has 0 saturated carbocycles. The zero-order valence-corrected chi connectivity index (χ0v) is 10.9. The molecule has 5 heteroatoms. The normalized spacial score (nSPS) is 14.8. The Balaban J connectivity index is 1.87. The van der Waals surface area contributed by atoms with Crippen molar-refractivity contribution in [1.82, 2.24) is 5.32 Å². The average Bonchev–Trinajstić information content (AvgIpc) is 2.83. The first-order chi connectivity index (χ1) is 9.06. The van der Waals surface area contributed by atoms with Gasteiger partial charge in [0, 0.05) is 5.69 Å². The molecular weight excluding hydrogens is 244 g/mol. The SMILES string of the molecule is CC(NCC(=O)Nc1ccc2c(c1)CCC2)C(=O)O. The fourth-order valence-corrected chi connectivity index (χ4v) is 2.19. The second-order valence-electron chi connectivity index (χ2n) is 4.83. The first-order valence-corrected chi connectivity index (χ1v) is 6.44. The number of carboxylic acid groups (broad SMARTS) is 1. The molecule has 0 aliphatic heterocycles. The zero-order valence-electron chi connectivity index (χ0n) is 10.9. The van der Waals surface area contributed by atoms with Crippen molar-refractivity contribution in [3.05, 3.63) is 29.3 Å². The highest BCUT2D eigenvalue weighted by molar-refractivity contribution is 5.92. The van der Waals surface area contributed by atoms with E-state index in [4.69, 9.17) is 5.11 Å². The molecule has 1 aliphatic rings. The molecule has 1 aromatic rings. The number of hydrogen-bond acceptors (Lipinski definition) is 3. The first-order valence-electron chi connectivity index (χ1n) is 6.44. The molecular formula is C14H18N2O3. The Morgan fingerprint density at radius 3 is 2.79 bits per heavy atom. The van der Waals surface area contributed by atoms with E-state index in [0.717, 1.165) is 18.5 Å². The molecule has 0 bridgehead atoms. The van der Waals surface area contributed by atoms with Gasteiger partial charge in [-0.15, -0.1) is 0 Å². The number of benzene rings is 1. The largest absolute Gasteiger partial charge is 0.480 e. The third-order valence-corrected chi connectivity index (χ3v) is 3.32. The molecule has 0 fully saturated rings. The molecule has 1 aromatic carbocycles. The summed E-state index contributed by atoms with van der Waals surface area (Å²) in [7, 11) is 0. The lowest BCUT2D eigenvalue weighted by Gasteiger charge is -2.10. The molecule has 2 rings (SSSR count). The molecule has 19 heavy (non-hydrogen) atoms. The summed E-state index contributed by atoms with van der Waals surface area (Å²) in [5.41, 5.74) is 3.43. The lowest BCUT2D eigenvalue weighted by atomic mass is 10.1. The quantitative estimate of drug-likeness (QED) is 0.744. The summed E-state index contributed by atoms with van der Waals surface area (Å²) in [5, 5.41) is 14.1. The molecule has 1 atom stereocenters. The number of carboxylic acids is 1. The lowest BCUT2D eigenvalue weighted by Crippen LogP contribution is -2.39. The average molecular weight is 262 g/mol. The molecule has 3 N–H and O–H groups in total. The summed E-state index contributed by atoms with van der Waals surface area (Å²) in [4.78, 5) is 22.3. The highest BCUT2D eigenvalue weighted by Gasteiger charge is 2.13. The van der Waals surface area contributed by atoms with Crippen LogP contribution in [0.15, 0.2) is 18.2 Å². The maximum atomic E-state index is 11.7. The number of amides is 1. The molecule has 1 amide bonds. The zero-order chi connectivity index (χ0) is 13.8. The van der Waals surface area contributed by atoms with E-state index in [-0.39, 0.29) is 12.5 Å². The number of aliphatic carboxylic acids is 1. The fraction of sp³-hybridized carbons (Fsp3) is 0.429. The number of rotatable bonds is 5. The number of nitrogens with one attached hydrogen (secondary N) is 2. The van der Waals surface area contributed by atoms with Crippen molar-refractivity contribution in [3.63, 3.8) is 0 Å². The summed E-state index contributed by atoms with van der Waals surface area (Å²) >= 11 is 0. The topological polar surface area (TPSA) is 78.4 Å². The minimum atomic E-state index is -0.967. The summed E-state index contributed by atoms with van der Waals surface area (Å²) in [6.07, 6.45) is 3.35. The van der Waals surface area contributed by atoms with Gasteiger partial charge in [-0.3, -0.25) is 14.9 Å². The van der Waals surface area contributed by atoms with E-state index >= 15 is 0 Å². The Labute approximate surface area is 112 Å². The molecule has 1 aliphatic carbocycles. The third-order valence-electron chi connectivity index (χ3n) is 3.32. The fourth-order valence-electron chi connectivity index (χ4n) is 2.19. The molecule has 0 radical (unpaired) electrons. The van der Waals surface area contributed by atoms with Crippen LogP contribution in [0.4, 0.5) is 5.69 Å². The van der Waals surface area contributed by atoms with Crippen molar-refractivity contribution in [1.29, 1.82) is 0 Å². The van der Waals surface area contributed by atoms with E-state index in [1.807, 2.05) is 18.2 Å². The Hall–Kier alpha value is -1.88. The molecule has 0 aromatic heterocycles. The van der Waals surface area contributed by atoms with Gasteiger partial charge in [0.05, 0.1) is 6.54 Å². The van der Waals surface area contributed by atoms with E-state index in [1.165, 1.54) is 24.5 Å². The Kier molecular flexibility index (Phi) is 4.16. The van der Waals surface area contributed by atoms with Crippen LogP contribution in [0.5, 0.6) is 0 Å². The van der Waals surface area contributed by atoms with Gasteiger partial charge in [-0.1, -0.05) is 6.07 Å². The standard InChI is InChI=1S/C14H18N2O3/c1-9(14(18)19)15-8-13(17)16-12-6-5-10-3-2-4-11(10)7-12/h5-7,9,15H,2-4,8H2,1H3,(H,16,17)(H,18,19). The van der Waals surface area contributed by atoms with Crippen LogP contribution in [0.25, 0.3) is 0 Å². The Bertz CT molecular complexity index is 499. The van der Waals surface area contributed by atoms with Crippen molar-refractivity contribution in [2.75, 3.05) is 11.9 Å². The van der Waals surface area contributed by atoms with Crippen LogP contribution in [0.2, 0.25) is 0 Å². The number of carbonyl (C=O) groups is 2. The van der Waals surface area contributed by atoms with Crippen LogP contribution >= 0.6 is 0 Å². The van der Waals surface area contributed by atoms with E-state index in [0.29, 0.717) is 0 Å². The van der Waals surface area contributed by atoms with Gasteiger partial charge in [0.15, 0.2) is 0 Å². The van der Waals surface area contributed by atoms with Crippen LogP contribution < -0.4 is 10.6 Å². The van der Waals surface area contributed by atoms with Crippen molar-refractivity contribution >= 4 is 17.6 Å². The van der Waals surface area contributed by atoms with E-state index in [2.05, 4.69) is 10.6 Å². The molecule has 1 unspecified atom stereocenters. The number of hydrogen-bond donors (Lipinski definition) is 3. The number of fused-ring (bicyclic) bond motifs is 1. The summed E-state index contributed by atoms with van der Waals surface area (Å²) in [5.74, 6) is -1.20. The minimum Gasteiger partial charge on any atom is -0.480 e. The molecule has 0 spiro atoms. The van der Waals surface area contributed by atoms with Gasteiger partial charge in [0.1, 0.15) is 6.04 Å². The Morgan fingerprint density at radius 2 is 2.05 bits per heavy atom. The second-order valence-corrected chi connectivity index (χ2v) is 4.83. The van der Waals surface area contributed by atoms with E-state index in [9.17, 15) is 9.59 Å². The summed E-state index contributed by atoms with van der Waals surface area (Å²) in [6.45, 7) is 1.50. The smallest absolute Gasteiger partial charge is 0.320 e. The predicted molar refractivity (Wildman–Crippen MR) is 72.2 cm³/mol. The molecule has 5 nitrogen and oxygen atoms in total. The molecule has 102 valence electrons. The van der Waals surface area contributed by atoms with Gasteiger partial charge in [-0.25, -0.2) is 0 Å². The molecule has 0 saturated heterocycles. The van der Waals surface area contributed by atoms with Crippen LogP contribution in [-0.4, -0.2) is 29.6 Å². The highest BCUT2D eigenvalue weighted by Crippen LogP contribution is 2.24. The predicted octanol–water partition coefficient (Wildman–Crippen LogP) is 1.18. The van der Waals surface area contributed by atoms with E-state index in [1.54, 1.807) is 0 Å². The van der Waals surface area contributed by atoms with Gasteiger partial charge >= 0.3 is 5.97 Å². The van der Waals surface area contributed by atoms with Crippen molar-refractivity contribution in [2.24, 2.45) is 0 Å². The van der Waals surface area contributed by atoms with Crippen LogP contribution in [-0.2, 0) is 22.4 Å². The van der Waals surface area contributed by atoms with E-state index < -0.39 is 12.0 Å². The minimum absolute atomic E-state index is 0.00937. The second kappa shape index (κ2) is 5.84. The van der Waals surface area contributed by atoms with Crippen LogP contribution in [0, 0.1) is 0 Å². The van der Waals surface area contributed by atoms with Gasteiger partial charge in [-0.05, 0) is 49.4 Å². The summed E-state index contributed by atoms with van der Waals surface area (Å²) in [6, 6.07) is 5.21. The van der Waals surface area contributed by atoms with Gasteiger partial charge in [0.25, 0.3) is 0 Å². The van der Waals surface area contributed by atoms with Gasteiger partial charge in [0.2, 0.25) is 5.91 Å². The van der Waals surface area contributed by atoms with Gasteiger partial charge in [-0.2, -0.15) is 0 Å². The van der Waals surface area contributed by atoms with Crippen LogP contribution in [0.1, 0.15) is 24.5 Å². The molecule has 0 heterocycles. The Morgan fingerprint density at radius 1 is 1.32 bits per heavy atom. The van der Waals surface area contributed by atoms with Crippen molar-refractivity contribution in [2.45, 2.75) is 32.2 Å². The maximum Gasteiger partial charge on any atom is 0.320 e. The van der Waals surface area contributed by atoms with Crippen molar-refractivity contribution in [3.8, 4) is 0 Å². The van der Waals surface area contributed by atoms with Gasteiger partial charge < -0.3 is 10.4 Å². The van der Waals surface area contributed by atoms with Crippen LogP contribution in [0.3, 0.4) is 0 Å². The summed E-state index contributed by atoms with van der Waals surface area (Å²) < 4.78 is 0. The van der Waals surface area contributed by atoms with Crippen molar-refractivity contribution < 1.29 is 14.7 Å². The monoisotopic (exact) mass is 262 g/mol. The number of carbonyl (C=O) groups excluding carboxylic acids is 1. The number of aryl methyl sites for hydroxylation is 2. The lowest BCUT2D eigenvalue weighted by molar-refractivity contribution is -0.139. The third kappa shape index (κ3) is 3.54. The highest BCUT2D eigenvalue weighted by atomic mass is 16.4. The maximum absolute atomic E-state index is 11.7.